The lowest BCUT2D eigenvalue weighted by molar-refractivity contribution is 0.766. The molecule has 0 aliphatic heterocycles. The second kappa shape index (κ2) is 13.1. The molecule has 9 aromatic rings. The summed E-state index contributed by atoms with van der Waals surface area (Å²) in [6.07, 6.45) is 3.56. The average Bonchev–Trinajstić information content (AvgIpc) is 3.66. The molecule has 0 aliphatic rings. The highest BCUT2D eigenvalue weighted by atomic mass is 15.5. The summed E-state index contributed by atoms with van der Waals surface area (Å²) in [4.78, 5) is 20.9. The van der Waals surface area contributed by atoms with Gasteiger partial charge < -0.3 is 0 Å². The summed E-state index contributed by atoms with van der Waals surface area (Å²) in [7, 11) is 0. The van der Waals surface area contributed by atoms with Gasteiger partial charge in [-0.15, -0.1) is 10.2 Å². The molecule has 0 unspecified atom stereocenters. The number of aromatic nitrogens is 7. The third-order valence-electron chi connectivity index (χ3n) is 8.77. The summed E-state index contributed by atoms with van der Waals surface area (Å²) in [6.45, 7) is 0. The van der Waals surface area contributed by atoms with Gasteiger partial charge in [-0.25, -0.2) is 9.97 Å². The highest BCUT2D eigenvalue weighted by Gasteiger charge is 2.18. The lowest BCUT2D eigenvalue weighted by Gasteiger charge is -2.10. The van der Waals surface area contributed by atoms with E-state index in [1.54, 1.807) is 17.2 Å². The molecule has 0 atom stereocenters. The Morgan fingerprint density at radius 3 is 1.47 bits per heavy atom. The largest absolute Gasteiger partial charge is 0.255 e. The highest BCUT2D eigenvalue weighted by molar-refractivity contribution is 5.95. The molecule has 0 spiro atoms. The molecule has 0 fully saturated rings. The third-order valence-corrected chi connectivity index (χ3v) is 8.77. The Morgan fingerprint density at radius 1 is 0.353 bits per heavy atom. The summed E-state index contributed by atoms with van der Waals surface area (Å²) in [5.74, 6) is 0. The number of fused-ring (bicyclic) bond motifs is 1. The summed E-state index contributed by atoms with van der Waals surface area (Å²) >= 11 is 0. The van der Waals surface area contributed by atoms with Crippen LogP contribution in [0.1, 0.15) is 0 Å². The molecule has 4 aromatic carbocycles. The standard InChI is InChI=1S/C44H29N7/c1-3-13-30(14-4-1)32-25-33(31-15-5-2-6-16-31)27-35(26-32)51-49-43-29-34(37-19-11-21-41(47-37)39-17-7-9-23-45-39)28-36(44(43)50-51)38-20-12-22-42(48-38)40-18-8-10-24-46-40/h1-29H. The van der Waals surface area contributed by atoms with E-state index in [1.807, 2.05) is 84.9 Å². The minimum Gasteiger partial charge on any atom is -0.255 e. The van der Waals surface area contributed by atoms with Crippen molar-refractivity contribution in [1.82, 2.24) is 34.9 Å². The molecule has 7 nitrogen and oxygen atoms in total. The number of hydrogen-bond donors (Lipinski definition) is 0. The van der Waals surface area contributed by atoms with E-state index in [2.05, 4.69) is 88.8 Å². The minimum atomic E-state index is 0.726. The summed E-state index contributed by atoms with van der Waals surface area (Å²) in [6, 6.07) is 55.1. The molecule has 5 heterocycles. The Hall–Kier alpha value is -7.12. The Labute approximate surface area is 294 Å². The molecule has 0 saturated heterocycles. The van der Waals surface area contributed by atoms with Crippen molar-refractivity contribution in [2.24, 2.45) is 0 Å². The summed E-state index contributed by atoms with van der Waals surface area (Å²) in [5, 5.41) is 10.3. The minimum absolute atomic E-state index is 0.726. The van der Waals surface area contributed by atoms with Gasteiger partial charge in [-0.05, 0) is 101 Å². The fourth-order valence-corrected chi connectivity index (χ4v) is 6.29. The van der Waals surface area contributed by atoms with E-state index >= 15 is 0 Å². The quantitative estimate of drug-likeness (QED) is 0.170. The van der Waals surface area contributed by atoms with Crippen LogP contribution in [0.5, 0.6) is 0 Å². The van der Waals surface area contributed by atoms with Gasteiger partial charge in [-0.1, -0.05) is 84.9 Å². The van der Waals surface area contributed by atoms with E-state index in [9.17, 15) is 0 Å². The lowest BCUT2D eigenvalue weighted by atomic mass is 9.98. The van der Waals surface area contributed by atoms with Crippen molar-refractivity contribution < 1.29 is 0 Å². The second-order valence-electron chi connectivity index (χ2n) is 12.1. The molecule has 240 valence electrons. The predicted molar refractivity (Wildman–Crippen MR) is 203 cm³/mol. The molecular formula is C44H29N7. The smallest absolute Gasteiger partial charge is 0.123 e. The molecule has 5 aromatic heterocycles. The van der Waals surface area contributed by atoms with Gasteiger partial charge in [0, 0.05) is 23.5 Å². The fourth-order valence-electron chi connectivity index (χ4n) is 6.29. The van der Waals surface area contributed by atoms with Gasteiger partial charge in [-0.2, -0.15) is 4.80 Å². The first-order valence-corrected chi connectivity index (χ1v) is 16.7. The molecule has 0 aliphatic carbocycles. The number of rotatable bonds is 7. The maximum absolute atomic E-state index is 5.15. The molecule has 0 radical (unpaired) electrons. The van der Waals surface area contributed by atoms with Crippen LogP contribution in [0.15, 0.2) is 176 Å². The van der Waals surface area contributed by atoms with E-state index in [0.29, 0.717) is 0 Å². The normalized spacial score (nSPS) is 11.1. The van der Waals surface area contributed by atoms with E-state index in [1.165, 1.54) is 0 Å². The monoisotopic (exact) mass is 655 g/mol. The average molecular weight is 656 g/mol. The van der Waals surface area contributed by atoms with Crippen LogP contribution < -0.4 is 0 Å². The predicted octanol–water partition coefficient (Wildman–Crippen LogP) is 10.0. The van der Waals surface area contributed by atoms with Gasteiger partial charge in [0.15, 0.2) is 0 Å². The van der Waals surface area contributed by atoms with Crippen molar-refractivity contribution >= 4 is 11.0 Å². The van der Waals surface area contributed by atoms with Crippen LogP contribution in [0.3, 0.4) is 0 Å². The fraction of sp³-hybridized carbons (Fsp3) is 0. The van der Waals surface area contributed by atoms with Gasteiger partial charge in [0.05, 0.1) is 39.9 Å². The van der Waals surface area contributed by atoms with Crippen molar-refractivity contribution in [3.8, 4) is 73.2 Å². The third kappa shape index (κ3) is 6.04. The number of nitrogens with zero attached hydrogens (tertiary/aromatic N) is 7. The number of pyridine rings is 4. The summed E-state index contributed by atoms with van der Waals surface area (Å²) in [5.41, 5.74) is 13.2. The molecule has 0 amide bonds. The van der Waals surface area contributed by atoms with Gasteiger partial charge in [0.2, 0.25) is 0 Å². The van der Waals surface area contributed by atoms with Crippen molar-refractivity contribution in [2.45, 2.75) is 0 Å². The van der Waals surface area contributed by atoms with E-state index in [-0.39, 0.29) is 0 Å². The molecule has 0 bridgehead atoms. The molecule has 0 N–H and O–H groups in total. The van der Waals surface area contributed by atoms with Crippen molar-refractivity contribution in [1.29, 1.82) is 0 Å². The van der Waals surface area contributed by atoms with Gasteiger partial charge in [0.25, 0.3) is 0 Å². The van der Waals surface area contributed by atoms with Crippen molar-refractivity contribution in [3.05, 3.63) is 176 Å². The van der Waals surface area contributed by atoms with Crippen LogP contribution >= 0.6 is 0 Å². The number of hydrogen-bond acceptors (Lipinski definition) is 6. The molecule has 9 rings (SSSR count). The van der Waals surface area contributed by atoms with Crippen LogP contribution in [-0.2, 0) is 0 Å². The van der Waals surface area contributed by atoms with Crippen molar-refractivity contribution in [2.75, 3.05) is 0 Å². The van der Waals surface area contributed by atoms with Crippen molar-refractivity contribution in [3.63, 3.8) is 0 Å². The van der Waals surface area contributed by atoms with Gasteiger partial charge in [-0.3, -0.25) is 9.97 Å². The van der Waals surface area contributed by atoms with E-state index in [4.69, 9.17) is 20.2 Å². The van der Waals surface area contributed by atoms with E-state index < -0.39 is 0 Å². The maximum atomic E-state index is 5.15. The Balaban J connectivity index is 1.24. The second-order valence-corrected chi connectivity index (χ2v) is 12.1. The Morgan fingerprint density at radius 2 is 0.882 bits per heavy atom. The molecular weight excluding hydrogens is 627 g/mol. The topological polar surface area (TPSA) is 82.3 Å². The molecule has 0 saturated carbocycles. The SMILES string of the molecule is c1ccc(-c2cc(-c3ccccc3)cc(-n3nc4cc(-c5cccc(-c6ccccn6)n5)cc(-c5cccc(-c6ccccn6)n5)c4n3)c2)cc1. The van der Waals surface area contributed by atoms with Crippen LogP contribution in [0.4, 0.5) is 0 Å². The summed E-state index contributed by atoms with van der Waals surface area (Å²) < 4.78 is 0. The van der Waals surface area contributed by atoms with Gasteiger partial charge >= 0.3 is 0 Å². The van der Waals surface area contributed by atoms with E-state index in [0.717, 1.165) is 84.3 Å². The zero-order valence-corrected chi connectivity index (χ0v) is 27.4. The van der Waals surface area contributed by atoms with Crippen LogP contribution in [0.25, 0.3) is 84.3 Å². The lowest BCUT2D eigenvalue weighted by Crippen LogP contribution is -2.00. The zero-order chi connectivity index (χ0) is 34.0. The van der Waals surface area contributed by atoms with Crippen LogP contribution in [0.2, 0.25) is 0 Å². The molecule has 7 heteroatoms. The van der Waals surface area contributed by atoms with Crippen LogP contribution in [0, 0.1) is 0 Å². The van der Waals surface area contributed by atoms with Crippen LogP contribution in [-0.4, -0.2) is 34.9 Å². The van der Waals surface area contributed by atoms with Gasteiger partial charge in [0.1, 0.15) is 11.0 Å². The molecule has 51 heavy (non-hydrogen) atoms. The Kier molecular flexibility index (Phi) is 7.68. The maximum Gasteiger partial charge on any atom is 0.123 e. The Bertz CT molecular complexity index is 2560. The highest BCUT2D eigenvalue weighted by Crippen LogP contribution is 2.35. The zero-order valence-electron chi connectivity index (χ0n) is 27.4. The first-order valence-electron chi connectivity index (χ1n) is 16.7. The first kappa shape index (κ1) is 30.0. The number of benzene rings is 4. The first-order chi connectivity index (χ1) is 25.2.